The minimum absolute atomic E-state index is 0.106. The van der Waals surface area contributed by atoms with Crippen molar-refractivity contribution in [1.82, 2.24) is 10.3 Å². The third-order valence-electron chi connectivity index (χ3n) is 6.27. The van der Waals surface area contributed by atoms with Crippen LogP contribution >= 0.6 is 0 Å². The Hall–Kier alpha value is -4.33. The van der Waals surface area contributed by atoms with Crippen molar-refractivity contribution in [2.75, 3.05) is 27.3 Å². The molecule has 0 atom stereocenters. The number of carbonyl (C=O) groups excluding carboxylic acids is 2. The monoisotopic (exact) mass is 501 g/mol. The van der Waals surface area contributed by atoms with Crippen LogP contribution in [0.2, 0.25) is 0 Å². The van der Waals surface area contributed by atoms with E-state index in [0.717, 1.165) is 16.9 Å². The molecule has 8 nitrogen and oxygen atoms in total. The highest BCUT2D eigenvalue weighted by Crippen LogP contribution is 2.25. The maximum atomic E-state index is 13.0. The summed E-state index contributed by atoms with van der Waals surface area (Å²) in [6.07, 6.45) is 2.75. The number of rotatable bonds is 9. The van der Waals surface area contributed by atoms with Crippen molar-refractivity contribution in [3.63, 3.8) is 0 Å². The average molecular weight is 502 g/mol. The summed E-state index contributed by atoms with van der Waals surface area (Å²) in [4.78, 5) is 27.3. The van der Waals surface area contributed by atoms with Crippen LogP contribution in [0.4, 0.5) is 0 Å². The molecule has 1 heterocycles. The molecule has 8 heteroatoms. The van der Waals surface area contributed by atoms with Crippen LogP contribution in [-0.4, -0.2) is 50.2 Å². The first-order valence-electron chi connectivity index (χ1n) is 12.2. The summed E-state index contributed by atoms with van der Waals surface area (Å²) < 4.78 is 16.3. The minimum Gasteiger partial charge on any atom is -0.497 e. The average Bonchev–Trinajstić information content (AvgIpc) is 2.96. The molecule has 0 unspecified atom stereocenters. The van der Waals surface area contributed by atoms with Crippen molar-refractivity contribution < 1.29 is 23.8 Å². The van der Waals surface area contributed by atoms with E-state index in [1.165, 1.54) is 0 Å². The van der Waals surface area contributed by atoms with Gasteiger partial charge in [-0.25, -0.2) is 5.43 Å². The van der Waals surface area contributed by atoms with Gasteiger partial charge in [0.25, 0.3) is 5.91 Å². The molecule has 4 rings (SSSR count). The second-order valence-corrected chi connectivity index (χ2v) is 8.75. The molecule has 1 aliphatic heterocycles. The van der Waals surface area contributed by atoms with Crippen molar-refractivity contribution in [1.29, 1.82) is 0 Å². The molecule has 1 fully saturated rings. The highest BCUT2D eigenvalue weighted by atomic mass is 16.5. The van der Waals surface area contributed by atoms with Gasteiger partial charge in [0.2, 0.25) is 5.91 Å². The van der Waals surface area contributed by atoms with Crippen LogP contribution in [0.5, 0.6) is 17.2 Å². The Labute approximate surface area is 216 Å². The highest BCUT2D eigenvalue weighted by Gasteiger charge is 2.28. The number of ether oxygens (including phenoxy) is 3. The molecule has 1 N–H and O–H groups in total. The van der Waals surface area contributed by atoms with Crippen LogP contribution in [0.1, 0.15) is 34.3 Å². The van der Waals surface area contributed by atoms with Gasteiger partial charge >= 0.3 is 0 Å². The Kier molecular flexibility index (Phi) is 8.75. The standard InChI is InChI=1S/C29H31N3O5/c1-35-26-16-24(17-27(18-26)36-2)29(34)32-14-12-23(13-15-32)28(33)31-30-19-21-8-10-25(11-9-21)37-20-22-6-4-3-5-7-22/h3-11,16-19,23H,12-15,20H2,1-2H3,(H,31,33)/b30-19-. The molecule has 192 valence electrons. The number of nitrogens with one attached hydrogen (secondary N) is 1. The summed E-state index contributed by atoms with van der Waals surface area (Å²) in [6.45, 7) is 1.48. The molecule has 0 aromatic heterocycles. The predicted molar refractivity (Wildman–Crippen MR) is 141 cm³/mol. The van der Waals surface area contributed by atoms with Crippen LogP contribution in [0.15, 0.2) is 77.9 Å². The zero-order valence-corrected chi connectivity index (χ0v) is 21.1. The number of hydrogen-bond acceptors (Lipinski definition) is 6. The number of hydrazone groups is 1. The molecular formula is C29H31N3O5. The molecule has 3 aromatic rings. The van der Waals surface area contributed by atoms with Gasteiger partial charge in [-0.05, 0) is 60.4 Å². The van der Waals surface area contributed by atoms with Crippen molar-refractivity contribution in [3.05, 3.63) is 89.5 Å². The van der Waals surface area contributed by atoms with Gasteiger partial charge in [0.15, 0.2) is 0 Å². The lowest BCUT2D eigenvalue weighted by Gasteiger charge is -2.31. The van der Waals surface area contributed by atoms with Crippen molar-refractivity contribution >= 4 is 18.0 Å². The van der Waals surface area contributed by atoms with E-state index in [-0.39, 0.29) is 17.7 Å². The highest BCUT2D eigenvalue weighted by molar-refractivity contribution is 5.95. The van der Waals surface area contributed by atoms with Crippen LogP contribution in [-0.2, 0) is 11.4 Å². The third-order valence-corrected chi connectivity index (χ3v) is 6.27. The molecule has 0 saturated carbocycles. The van der Waals surface area contributed by atoms with Crippen LogP contribution in [0.25, 0.3) is 0 Å². The Morgan fingerprint density at radius 2 is 1.57 bits per heavy atom. The Bertz CT molecular complexity index is 1200. The maximum Gasteiger partial charge on any atom is 0.254 e. The number of hydrogen-bond donors (Lipinski definition) is 1. The maximum absolute atomic E-state index is 13.0. The Morgan fingerprint density at radius 1 is 0.919 bits per heavy atom. The van der Waals surface area contributed by atoms with E-state index >= 15 is 0 Å². The van der Waals surface area contributed by atoms with Gasteiger partial charge in [-0.1, -0.05) is 30.3 Å². The van der Waals surface area contributed by atoms with Gasteiger partial charge in [0.05, 0.1) is 20.4 Å². The molecule has 0 bridgehead atoms. The number of nitrogens with zero attached hydrogens (tertiary/aromatic N) is 2. The molecule has 37 heavy (non-hydrogen) atoms. The fourth-order valence-electron chi connectivity index (χ4n) is 4.11. The van der Waals surface area contributed by atoms with E-state index in [0.29, 0.717) is 49.6 Å². The fourth-order valence-corrected chi connectivity index (χ4v) is 4.11. The van der Waals surface area contributed by atoms with E-state index in [4.69, 9.17) is 14.2 Å². The number of amides is 2. The van der Waals surface area contributed by atoms with E-state index in [1.807, 2.05) is 54.6 Å². The predicted octanol–water partition coefficient (Wildman–Crippen LogP) is 4.29. The first-order valence-corrected chi connectivity index (χ1v) is 12.2. The molecule has 0 spiro atoms. The number of methoxy groups -OCH3 is 2. The minimum atomic E-state index is -0.199. The van der Waals surface area contributed by atoms with Gasteiger partial charge in [0, 0.05) is 30.6 Å². The van der Waals surface area contributed by atoms with Gasteiger partial charge < -0.3 is 19.1 Å². The summed E-state index contributed by atoms with van der Waals surface area (Å²) in [6, 6.07) is 22.6. The summed E-state index contributed by atoms with van der Waals surface area (Å²) in [7, 11) is 3.10. The quantitative estimate of drug-likeness (QED) is 0.349. The zero-order chi connectivity index (χ0) is 26.0. The second kappa shape index (κ2) is 12.6. The number of benzene rings is 3. The number of carbonyl (C=O) groups is 2. The molecule has 1 saturated heterocycles. The smallest absolute Gasteiger partial charge is 0.254 e. The van der Waals surface area contributed by atoms with Gasteiger partial charge in [-0.3, -0.25) is 9.59 Å². The topological polar surface area (TPSA) is 89.5 Å². The molecule has 2 amide bonds. The lowest BCUT2D eigenvalue weighted by molar-refractivity contribution is -0.126. The van der Waals surface area contributed by atoms with Crippen LogP contribution < -0.4 is 19.6 Å². The van der Waals surface area contributed by atoms with E-state index in [1.54, 1.807) is 43.5 Å². The number of likely N-dealkylation sites (tertiary alicyclic amines) is 1. The Morgan fingerprint density at radius 3 is 2.19 bits per heavy atom. The Balaban J connectivity index is 1.23. The van der Waals surface area contributed by atoms with Crippen molar-refractivity contribution in [2.24, 2.45) is 11.0 Å². The van der Waals surface area contributed by atoms with E-state index in [2.05, 4.69) is 10.5 Å². The zero-order valence-electron chi connectivity index (χ0n) is 21.1. The third kappa shape index (κ3) is 7.10. The first-order chi connectivity index (χ1) is 18.1. The van der Waals surface area contributed by atoms with E-state index < -0.39 is 0 Å². The lowest BCUT2D eigenvalue weighted by Crippen LogP contribution is -2.42. The lowest BCUT2D eigenvalue weighted by atomic mass is 9.95. The van der Waals surface area contributed by atoms with E-state index in [9.17, 15) is 9.59 Å². The van der Waals surface area contributed by atoms with Gasteiger partial charge in [0.1, 0.15) is 23.9 Å². The van der Waals surface area contributed by atoms with Gasteiger partial charge in [-0.2, -0.15) is 5.10 Å². The molecule has 0 aliphatic carbocycles. The molecular weight excluding hydrogens is 470 g/mol. The van der Waals surface area contributed by atoms with Crippen LogP contribution in [0.3, 0.4) is 0 Å². The number of piperidine rings is 1. The van der Waals surface area contributed by atoms with Crippen LogP contribution in [0, 0.1) is 5.92 Å². The SMILES string of the molecule is COc1cc(OC)cc(C(=O)N2CCC(C(=O)N/N=C\c3ccc(OCc4ccccc4)cc3)CC2)c1. The van der Waals surface area contributed by atoms with Crippen molar-refractivity contribution in [2.45, 2.75) is 19.4 Å². The summed E-state index contributed by atoms with van der Waals surface area (Å²) in [5.41, 5.74) is 5.08. The molecule has 3 aromatic carbocycles. The molecule has 1 aliphatic rings. The van der Waals surface area contributed by atoms with Gasteiger partial charge in [-0.15, -0.1) is 0 Å². The summed E-state index contributed by atoms with van der Waals surface area (Å²) in [5, 5.41) is 4.11. The van der Waals surface area contributed by atoms with Crippen molar-refractivity contribution in [3.8, 4) is 17.2 Å². The molecule has 0 radical (unpaired) electrons. The fraction of sp³-hybridized carbons (Fsp3) is 0.276. The summed E-state index contributed by atoms with van der Waals surface area (Å²) >= 11 is 0. The first kappa shape index (κ1) is 25.8. The normalized spacial score (nSPS) is 13.8. The summed E-state index contributed by atoms with van der Waals surface area (Å²) in [5.74, 6) is 1.43. The second-order valence-electron chi connectivity index (χ2n) is 8.75. The largest absolute Gasteiger partial charge is 0.497 e.